The summed E-state index contributed by atoms with van der Waals surface area (Å²) >= 11 is 1.84. The van der Waals surface area contributed by atoms with Crippen LogP contribution in [0.1, 0.15) is 11.1 Å². The fourth-order valence-electron chi connectivity index (χ4n) is 9.31. The van der Waals surface area contributed by atoms with Gasteiger partial charge in [0.2, 0.25) is 0 Å². The molecule has 0 radical (unpaired) electrons. The number of thiophene rings is 1. The average molecular weight is 837 g/mol. The lowest BCUT2D eigenvalue weighted by Gasteiger charge is -2.17. The summed E-state index contributed by atoms with van der Waals surface area (Å²) in [5, 5.41) is 4.88. The van der Waals surface area contributed by atoms with E-state index in [0.717, 1.165) is 50.1 Å². The van der Waals surface area contributed by atoms with Crippen molar-refractivity contribution in [2.45, 2.75) is 13.8 Å². The van der Waals surface area contributed by atoms with E-state index >= 15 is 0 Å². The smallest absolute Gasteiger partial charge is 0.166 e. The Labute approximate surface area is 375 Å². The molecule has 64 heavy (non-hydrogen) atoms. The van der Waals surface area contributed by atoms with E-state index in [2.05, 4.69) is 188 Å². The summed E-state index contributed by atoms with van der Waals surface area (Å²) in [4.78, 5) is 15.9. The molecule has 4 nitrogen and oxygen atoms in total. The molecule has 0 fully saturated rings. The first-order chi connectivity index (χ1) is 31.5. The molecule has 0 atom stereocenters. The van der Waals surface area contributed by atoms with Gasteiger partial charge in [0.05, 0.1) is 16.7 Å². The number of rotatable bonds is 7. The molecule has 0 spiro atoms. The van der Waals surface area contributed by atoms with E-state index in [0.29, 0.717) is 17.5 Å². The Morgan fingerprint density at radius 3 is 1.45 bits per heavy atom. The van der Waals surface area contributed by atoms with E-state index in [1.54, 1.807) is 0 Å². The molecule has 0 aliphatic heterocycles. The molecule has 12 rings (SSSR count). The van der Waals surface area contributed by atoms with E-state index < -0.39 is 0 Å². The van der Waals surface area contributed by atoms with Crippen LogP contribution in [-0.2, 0) is 0 Å². The van der Waals surface area contributed by atoms with E-state index in [9.17, 15) is 0 Å². The Balaban J connectivity index is 1.19. The SMILES string of the molecule is Cc1cccc(-c2ccc3c4ccc(-c5cccc(C)c5)cc4n(-c4ccc(-c5cccc6sc7ccccc7c56)cc4-c4nc(-c5ccccc5)nc(-c5ccccc5)n4)c3c2)c1. The van der Waals surface area contributed by atoms with Gasteiger partial charge < -0.3 is 4.57 Å². The zero-order valence-corrected chi connectivity index (χ0v) is 36.1. The maximum atomic E-state index is 5.38. The quantitative estimate of drug-likeness (QED) is 0.161. The fourth-order valence-corrected chi connectivity index (χ4v) is 10.4. The normalized spacial score (nSPS) is 11.6. The summed E-state index contributed by atoms with van der Waals surface area (Å²) in [6, 6.07) is 74.1. The number of aromatic nitrogens is 4. The minimum Gasteiger partial charge on any atom is -0.308 e. The second-order valence-corrected chi connectivity index (χ2v) is 17.7. The lowest BCUT2D eigenvalue weighted by molar-refractivity contribution is 1.06. The molecule has 5 heteroatoms. The first kappa shape index (κ1) is 37.7. The van der Waals surface area contributed by atoms with Gasteiger partial charge in [-0.2, -0.15) is 0 Å². The second-order valence-electron chi connectivity index (χ2n) is 16.6. The lowest BCUT2D eigenvalue weighted by atomic mass is 9.96. The zero-order chi connectivity index (χ0) is 42.7. The third-order valence-electron chi connectivity index (χ3n) is 12.4. The summed E-state index contributed by atoms with van der Waals surface area (Å²) in [6.45, 7) is 4.31. The molecular weight excluding hydrogens is 797 g/mol. The monoisotopic (exact) mass is 836 g/mol. The van der Waals surface area contributed by atoms with Crippen LogP contribution in [0.3, 0.4) is 0 Å². The van der Waals surface area contributed by atoms with Crippen molar-refractivity contribution in [3.8, 4) is 73.2 Å². The van der Waals surface area contributed by atoms with Crippen molar-refractivity contribution >= 4 is 53.3 Å². The van der Waals surface area contributed by atoms with Gasteiger partial charge in [-0.05, 0) is 83.6 Å². The van der Waals surface area contributed by atoms with Crippen LogP contribution in [0.2, 0.25) is 0 Å². The highest BCUT2D eigenvalue weighted by atomic mass is 32.1. The Hall–Kier alpha value is -7.99. The molecule has 9 aromatic carbocycles. The van der Waals surface area contributed by atoms with Crippen LogP contribution >= 0.6 is 11.3 Å². The number of aryl methyl sites for hydroxylation is 2. The van der Waals surface area contributed by atoms with Crippen LogP contribution in [-0.4, -0.2) is 19.5 Å². The van der Waals surface area contributed by atoms with E-state index in [1.165, 1.54) is 58.8 Å². The summed E-state index contributed by atoms with van der Waals surface area (Å²) in [7, 11) is 0. The largest absolute Gasteiger partial charge is 0.308 e. The molecule has 0 unspecified atom stereocenters. The minimum atomic E-state index is 0.603. The van der Waals surface area contributed by atoms with Crippen molar-refractivity contribution in [2.75, 3.05) is 0 Å². The summed E-state index contributed by atoms with van der Waals surface area (Å²) in [5.41, 5.74) is 15.4. The van der Waals surface area contributed by atoms with Crippen molar-refractivity contribution in [3.05, 3.63) is 217 Å². The highest BCUT2D eigenvalue weighted by molar-refractivity contribution is 7.25. The Kier molecular flexibility index (Phi) is 9.09. The van der Waals surface area contributed by atoms with Gasteiger partial charge in [-0.3, -0.25) is 0 Å². The van der Waals surface area contributed by atoms with Gasteiger partial charge in [0.1, 0.15) is 0 Å². The third kappa shape index (κ3) is 6.57. The van der Waals surface area contributed by atoms with Crippen molar-refractivity contribution in [3.63, 3.8) is 0 Å². The highest BCUT2D eigenvalue weighted by Gasteiger charge is 2.22. The van der Waals surface area contributed by atoms with Crippen LogP contribution in [0.5, 0.6) is 0 Å². The van der Waals surface area contributed by atoms with E-state index in [1.807, 2.05) is 47.7 Å². The number of hydrogen-bond acceptors (Lipinski definition) is 4. The van der Waals surface area contributed by atoms with Gasteiger partial charge in [-0.15, -0.1) is 11.3 Å². The Bertz CT molecular complexity index is 3590. The topological polar surface area (TPSA) is 43.6 Å². The molecule has 0 aliphatic carbocycles. The van der Waals surface area contributed by atoms with Crippen molar-refractivity contribution in [1.29, 1.82) is 0 Å². The van der Waals surface area contributed by atoms with Gasteiger partial charge in [0, 0.05) is 47.6 Å². The van der Waals surface area contributed by atoms with Crippen LogP contribution in [0.4, 0.5) is 0 Å². The van der Waals surface area contributed by atoms with Crippen LogP contribution in [0.15, 0.2) is 206 Å². The maximum absolute atomic E-state index is 5.38. The standard InChI is InChI=1S/C59H40N4S/c1-37-14-11-20-41(32-37)43-26-29-47-48-30-27-44(42-21-12-15-38(2)33-42)36-53(48)63(52(47)35-43)51-31-28-45(46-23-13-25-55-56(46)49-22-9-10-24-54(49)64-55)34-50(51)59-61-57(39-16-5-3-6-17-39)60-58(62-59)40-18-7-4-8-19-40/h3-36H,1-2H3. The van der Waals surface area contributed by atoms with Crippen molar-refractivity contribution in [1.82, 2.24) is 19.5 Å². The number of fused-ring (bicyclic) bond motifs is 6. The first-order valence-electron chi connectivity index (χ1n) is 21.7. The van der Waals surface area contributed by atoms with Gasteiger partial charge in [-0.25, -0.2) is 15.0 Å². The molecule has 0 aliphatic rings. The third-order valence-corrected chi connectivity index (χ3v) is 13.5. The number of nitrogens with zero attached hydrogens (tertiary/aromatic N) is 4. The molecule has 0 saturated heterocycles. The van der Waals surface area contributed by atoms with Crippen molar-refractivity contribution in [2.24, 2.45) is 0 Å². The number of hydrogen-bond donors (Lipinski definition) is 0. The second kappa shape index (κ2) is 15.4. The van der Waals surface area contributed by atoms with Crippen LogP contribution in [0, 0.1) is 13.8 Å². The molecule has 3 aromatic heterocycles. The molecule has 0 amide bonds. The molecule has 0 bridgehead atoms. The summed E-state index contributed by atoms with van der Waals surface area (Å²) < 4.78 is 4.98. The molecule has 3 heterocycles. The lowest BCUT2D eigenvalue weighted by Crippen LogP contribution is -2.04. The van der Waals surface area contributed by atoms with Gasteiger partial charge in [0.25, 0.3) is 0 Å². The Morgan fingerprint density at radius 2 is 0.844 bits per heavy atom. The van der Waals surface area contributed by atoms with Gasteiger partial charge in [-0.1, -0.05) is 181 Å². The molecule has 12 aromatic rings. The number of benzene rings is 9. The van der Waals surface area contributed by atoms with Crippen LogP contribution in [0.25, 0.3) is 115 Å². The molecule has 0 N–H and O–H groups in total. The predicted molar refractivity (Wildman–Crippen MR) is 269 cm³/mol. The zero-order valence-electron chi connectivity index (χ0n) is 35.3. The van der Waals surface area contributed by atoms with Gasteiger partial charge >= 0.3 is 0 Å². The highest BCUT2D eigenvalue weighted by Crippen LogP contribution is 2.44. The predicted octanol–water partition coefficient (Wildman–Crippen LogP) is 16.0. The minimum absolute atomic E-state index is 0.603. The maximum Gasteiger partial charge on any atom is 0.166 e. The molecular formula is C59H40N4S. The molecule has 302 valence electrons. The van der Waals surface area contributed by atoms with Crippen LogP contribution < -0.4 is 0 Å². The molecule has 0 saturated carbocycles. The fraction of sp³-hybridized carbons (Fsp3) is 0.0339. The summed E-state index contributed by atoms with van der Waals surface area (Å²) in [5.74, 6) is 1.85. The van der Waals surface area contributed by atoms with E-state index in [-0.39, 0.29) is 0 Å². The first-order valence-corrected chi connectivity index (χ1v) is 22.5. The summed E-state index contributed by atoms with van der Waals surface area (Å²) in [6.07, 6.45) is 0. The van der Waals surface area contributed by atoms with Crippen molar-refractivity contribution < 1.29 is 0 Å². The average Bonchev–Trinajstić information content (AvgIpc) is 3.89. The van der Waals surface area contributed by atoms with Gasteiger partial charge in [0.15, 0.2) is 17.5 Å². The van der Waals surface area contributed by atoms with E-state index in [4.69, 9.17) is 15.0 Å². The Morgan fingerprint density at radius 1 is 0.344 bits per heavy atom.